The number of anilines is 4. The lowest BCUT2D eigenvalue weighted by Crippen LogP contribution is -2.50. The maximum Gasteiger partial charge on any atom is 0.321 e. The van der Waals surface area contributed by atoms with Crippen molar-refractivity contribution in [1.82, 2.24) is 25.1 Å². The van der Waals surface area contributed by atoms with Crippen molar-refractivity contribution >= 4 is 40.1 Å². The van der Waals surface area contributed by atoms with Gasteiger partial charge in [-0.3, -0.25) is 5.10 Å². The van der Waals surface area contributed by atoms with E-state index in [0.717, 1.165) is 52.8 Å². The predicted octanol–water partition coefficient (Wildman–Crippen LogP) is 3.69. The highest BCUT2D eigenvalue weighted by Crippen LogP contribution is 2.21. The molecule has 0 saturated carbocycles. The van der Waals surface area contributed by atoms with Gasteiger partial charge >= 0.3 is 6.03 Å². The first-order valence-corrected chi connectivity index (χ1v) is 10.3. The summed E-state index contributed by atoms with van der Waals surface area (Å²) in [5.74, 6) is 2.36. The van der Waals surface area contributed by atoms with Crippen molar-refractivity contribution in [3.63, 3.8) is 0 Å². The highest BCUT2D eigenvalue weighted by atomic mass is 16.2. The molecule has 2 amide bonds. The van der Waals surface area contributed by atoms with Gasteiger partial charge in [-0.25, -0.2) is 9.78 Å². The summed E-state index contributed by atoms with van der Waals surface area (Å²) < 4.78 is 0. The summed E-state index contributed by atoms with van der Waals surface area (Å²) in [6.45, 7) is 4.67. The number of hydrogen-bond acceptors (Lipinski definition) is 5. The molecule has 1 aliphatic rings. The molecule has 3 aromatic heterocycles. The number of hydrogen-bond donors (Lipinski definition) is 4. The zero-order valence-electron chi connectivity index (χ0n) is 17.2. The van der Waals surface area contributed by atoms with Crippen LogP contribution in [0.2, 0.25) is 0 Å². The summed E-state index contributed by atoms with van der Waals surface area (Å²) >= 11 is 0. The minimum absolute atomic E-state index is 0.0807. The van der Waals surface area contributed by atoms with E-state index in [9.17, 15) is 4.79 Å². The van der Waals surface area contributed by atoms with Gasteiger partial charge in [-0.2, -0.15) is 5.10 Å². The van der Waals surface area contributed by atoms with Crippen LogP contribution in [0, 0.1) is 6.92 Å². The maximum absolute atomic E-state index is 12.7. The van der Waals surface area contributed by atoms with Crippen molar-refractivity contribution in [3.8, 4) is 0 Å². The number of fused-ring (bicyclic) bond motifs is 1. The minimum atomic E-state index is -0.0807. The number of H-pyrrole nitrogens is 2. The lowest BCUT2D eigenvalue weighted by atomic mass is 10.2. The van der Waals surface area contributed by atoms with Gasteiger partial charge in [-0.1, -0.05) is 12.1 Å². The van der Waals surface area contributed by atoms with Crippen LogP contribution in [0.4, 0.5) is 27.9 Å². The molecule has 0 spiro atoms. The molecule has 0 aliphatic carbocycles. The smallest absolute Gasteiger partial charge is 0.321 e. The van der Waals surface area contributed by atoms with E-state index in [4.69, 9.17) is 4.98 Å². The third kappa shape index (κ3) is 4.16. The zero-order valence-corrected chi connectivity index (χ0v) is 17.2. The summed E-state index contributed by atoms with van der Waals surface area (Å²) in [6.07, 6.45) is 1.89. The number of nitrogens with one attached hydrogen (secondary N) is 4. The van der Waals surface area contributed by atoms with Crippen LogP contribution in [-0.4, -0.2) is 57.3 Å². The molecule has 158 valence electrons. The van der Waals surface area contributed by atoms with Crippen molar-refractivity contribution in [2.24, 2.45) is 0 Å². The fraction of sp³-hybridized carbons (Fsp3) is 0.227. The predicted molar refractivity (Wildman–Crippen MR) is 122 cm³/mol. The first kappa shape index (κ1) is 19.0. The number of aromatic nitrogens is 4. The van der Waals surface area contributed by atoms with E-state index in [1.807, 2.05) is 66.6 Å². The number of rotatable bonds is 4. The molecule has 0 bridgehead atoms. The first-order chi connectivity index (χ1) is 15.1. The number of piperazine rings is 1. The Morgan fingerprint density at radius 3 is 2.71 bits per heavy atom. The molecule has 9 nitrogen and oxygen atoms in total. The molecule has 9 heteroatoms. The van der Waals surface area contributed by atoms with Crippen LogP contribution < -0.4 is 15.5 Å². The van der Waals surface area contributed by atoms with Gasteiger partial charge in [-0.05, 0) is 42.6 Å². The third-order valence-electron chi connectivity index (χ3n) is 5.39. The average molecular weight is 416 g/mol. The van der Waals surface area contributed by atoms with Crippen molar-refractivity contribution in [1.29, 1.82) is 0 Å². The topological polar surface area (TPSA) is 105 Å². The first-order valence-electron chi connectivity index (χ1n) is 10.3. The van der Waals surface area contributed by atoms with Crippen LogP contribution in [0.1, 0.15) is 5.69 Å². The Morgan fingerprint density at radius 2 is 1.90 bits per heavy atom. The summed E-state index contributed by atoms with van der Waals surface area (Å²) in [5, 5.41) is 14.4. The molecule has 0 unspecified atom stereocenters. The van der Waals surface area contributed by atoms with Crippen LogP contribution in [0.3, 0.4) is 0 Å². The monoisotopic (exact) mass is 416 g/mol. The summed E-state index contributed by atoms with van der Waals surface area (Å²) in [7, 11) is 0. The van der Waals surface area contributed by atoms with E-state index < -0.39 is 0 Å². The standard InChI is InChI=1S/C22H24N8O/c1-15-13-20(28-27-15)25-19-3-2-4-21(26-19)29-9-11-30(12-10-29)22(31)24-17-6-5-16-7-8-23-18(16)14-17/h2-8,13-14,23H,9-12H2,1H3,(H,24,31)(H2,25,26,27,28). The number of pyridine rings is 1. The van der Waals surface area contributed by atoms with E-state index in [1.54, 1.807) is 0 Å². The second-order valence-corrected chi connectivity index (χ2v) is 7.63. The molecular formula is C22H24N8O. The summed E-state index contributed by atoms with van der Waals surface area (Å²) in [5.41, 5.74) is 2.78. The number of carbonyl (C=O) groups excluding carboxylic acids is 1. The average Bonchev–Trinajstić information content (AvgIpc) is 3.42. The Labute approximate surface area is 179 Å². The Morgan fingerprint density at radius 1 is 1.03 bits per heavy atom. The molecule has 1 aliphatic heterocycles. The van der Waals surface area contributed by atoms with Gasteiger partial charge in [0, 0.05) is 55.3 Å². The number of benzene rings is 1. The molecule has 1 aromatic carbocycles. The van der Waals surface area contributed by atoms with Crippen molar-refractivity contribution in [2.75, 3.05) is 41.7 Å². The quantitative estimate of drug-likeness (QED) is 0.406. The van der Waals surface area contributed by atoms with E-state index >= 15 is 0 Å². The second kappa shape index (κ2) is 8.02. The maximum atomic E-state index is 12.7. The minimum Gasteiger partial charge on any atom is -0.361 e. The molecule has 1 saturated heterocycles. The Hall–Kier alpha value is -4.01. The normalized spacial score (nSPS) is 14.1. The number of carbonyl (C=O) groups is 1. The van der Waals surface area contributed by atoms with Crippen molar-refractivity contribution in [3.05, 3.63) is 60.4 Å². The number of aryl methyl sites for hydroxylation is 1. The van der Waals surface area contributed by atoms with Gasteiger partial charge in [0.05, 0.1) is 0 Å². The fourth-order valence-electron chi connectivity index (χ4n) is 3.75. The van der Waals surface area contributed by atoms with Gasteiger partial charge < -0.3 is 25.4 Å². The highest BCUT2D eigenvalue weighted by Gasteiger charge is 2.22. The lowest BCUT2D eigenvalue weighted by Gasteiger charge is -2.35. The SMILES string of the molecule is Cc1cc(Nc2cccc(N3CCN(C(=O)Nc4ccc5cc[nH]c5c4)CC3)n2)n[nH]1. The molecule has 4 aromatic rings. The number of nitrogens with zero attached hydrogens (tertiary/aromatic N) is 4. The van der Waals surface area contributed by atoms with E-state index in [0.29, 0.717) is 13.1 Å². The number of amides is 2. The lowest BCUT2D eigenvalue weighted by molar-refractivity contribution is 0.208. The number of aromatic amines is 2. The molecule has 1 fully saturated rings. The van der Waals surface area contributed by atoms with Crippen LogP contribution in [0.5, 0.6) is 0 Å². The van der Waals surface area contributed by atoms with Crippen LogP contribution in [0.25, 0.3) is 10.9 Å². The molecule has 4 heterocycles. The largest absolute Gasteiger partial charge is 0.361 e. The molecule has 5 rings (SSSR count). The van der Waals surface area contributed by atoms with Gasteiger partial charge in [0.15, 0.2) is 5.82 Å². The van der Waals surface area contributed by atoms with Gasteiger partial charge in [0.2, 0.25) is 0 Å². The van der Waals surface area contributed by atoms with Crippen LogP contribution in [0.15, 0.2) is 54.7 Å². The van der Waals surface area contributed by atoms with Gasteiger partial charge in [-0.15, -0.1) is 0 Å². The Balaban J connectivity index is 1.19. The van der Waals surface area contributed by atoms with Crippen molar-refractivity contribution in [2.45, 2.75) is 6.92 Å². The second-order valence-electron chi connectivity index (χ2n) is 7.63. The fourth-order valence-corrected chi connectivity index (χ4v) is 3.75. The van der Waals surface area contributed by atoms with Crippen LogP contribution in [-0.2, 0) is 0 Å². The zero-order chi connectivity index (χ0) is 21.2. The van der Waals surface area contributed by atoms with E-state index in [-0.39, 0.29) is 6.03 Å². The molecule has 4 N–H and O–H groups in total. The molecular weight excluding hydrogens is 392 g/mol. The van der Waals surface area contributed by atoms with Gasteiger partial charge in [0.1, 0.15) is 11.6 Å². The third-order valence-corrected chi connectivity index (χ3v) is 5.39. The molecule has 0 radical (unpaired) electrons. The van der Waals surface area contributed by atoms with Crippen molar-refractivity contribution < 1.29 is 4.79 Å². The highest BCUT2D eigenvalue weighted by molar-refractivity contribution is 5.92. The van der Waals surface area contributed by atoms with E-state index in [2.05, 4.69) is 30.7 Å². The van der Waals surface area contributed by atoms with Gasteiger partial charge in [0.25, 0.3) is 0 Å². The van der Waals surface area contributed by atoms with Crippen LogP contribution >= 0.6 is 0 Å². The van der Waals surface area contributed by atoms with E-state index in [1.165, 1.54) is 0 Å². The Kier molecular flexibility index (Phi) is 4.91. The number of urea groups is 1. The molecule has 31 heavy (non-hydrogen) atoms. The Bertz CT molecular complexity index is 1200. The molecule has 0 atom stereocenters. The summed E-state index contributed by atoms with van der Waals surface area (Å²) in [6, 6.07) is 15.6. The summed E-state index contributed by atoms with van der Waals surface area (Å²) in [4.78, 5) is 24.6.